The van der Waals surface area contributed by atoms with Crippen molar-refractivity contribution in [1.82, 2.24) is 14.9 Å². The summed E-state index contributed by atoms with van der Waals surface area (Å²) in [6, 6.07) is 3.19. The van der Waals surface area contributed by atoms with Crippen molar-refractivity contribution in [1.29, 1.82) is 0 Å². The lowest BCUT2D eigenvalue weighted by Crippen LogP contribution is -2.49. The lowest BCUT2D eigenvalue weighted by Gasteiger charge is -2.36. The summed E-state index contributed by atoms with van der Waals surface area (Å²) in [5, 5.41) is 0. The maximum atomic E-state index is 11.1. The molecule has 1 aromatic rings. The number of rotatable bonds is 3. The van der Waals surface area contributed by atoms with Gasteiger partial charge in [-0.1, -0.05) is 0 Å². The van der Waals surface area contributed by atoms with Crippen molar-refractivity contribution >= 4 is 11.9 Å². The fraction of sp³-hybridized carbons (Fsp3) is 0.583. The molecule has 97 valence electrons. The molecule has 2 heterocycles. The normalized spacial score (nSPS) is 17.2. The van der Waals surface area contributed by atoms with Gasteiger partial charge in [-0.2, -0.15) is 0 Å². The number of aromatic nitrogens is 2. The first-order chi connectivity index (χ1) is 8.58. The second-order valence-corrected chi connectivity index (χ2v) is 4.64. The molecule has 1 fully saturated rings. The number of anilines is 1. The second-order valence-electron chi connectivity index (χ2n) is 4.64. The summed E-state index contributed by atoms with van der Waals surface area (Å²) in [7, 11) is 0. The molecule has 0 aromatic carbocycles. The van der Waals surface area contributed by atoms with Gasteiger partial charge in [0.1, 0.15) is 5.69 Å². The van der Waals surface area contributed by atoms with Crippen LogP contribution in [-0.4, -0.2) is 53.0 Å². The molecule has 0 bridgehead atoms. The number of primary amides is 1. The first kappa shape index (κ1) is 12.8. The molecule has 2 rings (SSSR count). The maximum absolute atomic E-state index is 11.1. The molecule has 6 nitrogen and oxygen atoms in total. The van der Waals surface area contributed by atoms with Crippen molar-refractivity contribution in [3.8, 4) is 0 Å². The third-order valence-corrected chi connectivity index (χ3v) is 3.15. The number of piperazine rings is 1. The van der Waals surface area contributed by atoms with Crippen molar-refractivity contribution in [2.45, 2.75) is 19.9 Å². The van der Waals surface area contributed by atoms with Crippen LogP contribution in [0.3, 0.4) is 0 Å². The molecule has 0 aliphatic carbocycles. The van der Waals surface area contributed by atoms with Crippen molar-refractivity contribution in [3.63, 3.8) is 0 Å². The molecule has 18 heavy (non-hydrogen) atoms. The Kier molecular flexibility index (Phi) is 3.76. The third kappa shape index (κ3) is 2.76. The predicted molar refractivity (Wildman–Crippen MR) is 68.3 cm³/mol. The summed E-state index contributed by atoms with van der Waals surface area (Å²) < 4.78 is 0. The van der Waals surface area contributed by atoms with Crippen molar-refractivity contribution in [2.75, 3.05) is 31.1 Å². The van der Waals surface area contributed by atoms with E-state index < -0.39 is 5.91 Å². The largest absolute Gasteiger partial charge is 0.364 e. The highest BCUT2D eigenvalue weighted by Crippen LogP contribution is 2.12. The standard InChI is InChI=1S/C12H18N5O/c1-9(2)16-5-7-17(8-6-16)12-14-4-3-10(15-12)11(13)18/h4,9H,5-8H2,1-2H3,(H2,13,18). The lowest BCUT2D eigenvalue weighted by atomic mass is 10.2. The Bertz CT molecular complexity index is 426. The van der Waals surface area contributed by atoms with Crippen LogP contribution in [0.2, 0.25) is 0 Å². The Hall–Kier alpha value is -1.69. The van der Waals surface area contributed by atoms with Crippen LogP contribution in [0, 0.1) is 6.07 Å². The van der Waals surface area contributed by atoms with Crippen LogP contribution in [0.5, 0.6) is 0 Å². The van der Waals surface area contributed by atoms with Gasteiger partial charge in [-0.05, 0) is 13.8 Å². The Labute approximate surface area is 107 Å². The Morgan fingerprint density at radius 3 is 2.61 bits per heavy atom. The first-order valence-electron chi connectivity index (χ1n) is 6.11. The average Bonchev–Trinajstić information content (AvgIpc) is 2.39. The SMILES string of the molecule is CC(C)N1CCN(c2nc[c]c(C(N)=O)n2)CC1. The molecular weight excluding hydrogens is 230 g/mol. The Balaban J connectivity index is 2.05. The minimum atomic E-state index is -0.570. The van der Waals surface area contributed by atoms with Crippen LogP contribution in [-0.2, 0) is 0 Å². The summed E-state index contributed by atoms with van der Waals surface area (Å²) in [5.74, 6) is -0.00887. The average molecular weight is 248 g/mol. The van der Waals surface area contributed by atoms with Gasteiger partial charge in [0, 0.05) is 44.5 Å². The molecule has 0 saturated carbocycles. The zero-order valence-corrected chi connectivity index (χ0v) is 10.8. The monoisotopic (exact) mass is 248 g/mol. The van der Waals surface area contributed by atoms with E-state index in [-0.39, 0.29) is 5.69 Å². The van der Waals surface area contributed by atoms with Gasteiger partial charge in [-0.15, -0.1) is 0 Å². The number of carbonyl (C=O) groups is 1. The number of hydrogen-bond donors (Lipinski definition) is 1. The van der Waals surface area contributed by atoms with Gasteiger partial charge in [0.15, 0.2) is 0 Å². The minimum absolute atomic E-state index is 0.145. The van der Waals surface area contributed by atoms with Gasteiger partial charge in [0.25, 0.3) is 5.91 Å². The predicted octanol–water partition coefficient (Wildman–Crippen LogP) is -0.0939. The van der Waals surface area contributed by atoms with E-state index in [2.05, 4.69) is 39.7 Å². The zero-order chi connectivity index (χ0) is 13.1. The van der Waals surface area contributed by atoms with Crippen LogP contribution in [0.4, 0.5) is 5.95 Å². The molecule has 1 aromatic heterocycles. The second kappa shape index (κ2) is 5.30. The lowest BCUT2D eigenvalue weighted by molar-refractivity contribution is 0.0995. The molecule has 6 heteroatoms. The van der Waals surface area contributed by atoms with E-state index in [1.165, 1.54) is 6.20 Å². The topological polar surface area (TPSA) is 75.3 Å². The Morgan fingerprint density at radius 1 is 1.39 bits per heavy atom. The van der Waals surface area contributed by atoms with Crippen molar-refractivity contribution in [3.05, 3.63) is 18.0 Å². The molecule has 1 radical (unpaired) electrons. The first-order valence-corrected chi connectivity index (χ1v) is 6.11. The molecular formula is C12H18N5O. The number of nitrogens with zero attached hydrogens (tertiary/aromatic N) is 4. The quantitative estimate of drug-likeness (QED) is 0.809. The van der Waals surface area contributed by atoms with E-state index in [0.717, 1.165) is 26.2 Å². The van der Waals surface area contributed by atoms with E-state index in [4.69, 9.17) is 5.73 Å². The smallest absolute Gasteiger partial charge is 0.268 e. The van der Waals surface area contributed by atoms with Crippen LogP contribution < -0.4 is 10.6 Å². The number of hydrogen-bond acceptors (Lipinski definition) is 5. The van der Waals surface area contributed by atoms with Gasteiger partial charge in [-0.25, -0.2) is 9.97 Å². The fourth-order valence-corrected chi connectivity index (χ4v) is 2.03. The Morgan fingerprint density at radius 2 is 2.06 bits per heavy atom. The molecule has 1 amide bonds. The maximum Gasteiger partial charge on any atom is 0.268 e. The van der Waals surface area contributed by atoms with Gasteiger partial charge < -0.3 is 10.6 Å². The summed E-state index contributed by atoms with van der Waals surface area (Å²) in [4.78, 5) is 23.8. The molecule has 0 atom stereocenters. The van der Waals surface area contributed by atoms with E-state index in [0.29, 0.717) is 12.0 Å². The van der Waals surface area contributed by atoms with E-state index >= 15 is 0 Å². The summed E-state index contributed by atoms with van der Waals surface area (Å²) >= 11 is 0. The van der Waals surface area contributed by atoms with E-state index in [1.807, 2.05) is 0 Å². The third-order valence-electron chi connectivity index (χ3n) is 3.15. The molecule has 1 saturated heterocycles. The fourth-order valence-electron chi connectivity index (χ4n) is 2.03. The van der Waals surface area contributed by atoms with Crippen molar-refractivity contribution < 1.29 is 4.79 Å². The molecule has 0 unspecified atom stereocenters. The van der Waals surface area contributed by atoms with E-state index in [9.17, 15) is 4.79 Å². The van der Waals surface area contributed by atoms with Gasteiger partial charge >= 0.3 is 0 Å². The van der Waals surface area contributed by atoms with Gasteiger partial charge in [0.05, 0.1) is 0 Å². The summed E-state index contributed by atoms with van der Waals surface area (Å²) in [6.07, 6.45) is 1.46. The highest BCUT2D eigenvalue weighted by Gasteiger charge is 2.21. The van der Waals surface area contributed by atoms with Gasteiger partial charge in [-0.3, -0.25) is 9.69 Å². The number of amides is 1. The van der Waals surface area contributed by atoms with Crippen LogP contribution in [0.15, 0.2) is 6.20 Å². The molecule has 0 spiro atoms. The van der Waals surface area contributed by atoms with Gasteiger partial charge in [0.2, 0.25) is 5.95 Å². The zero-order valence-electron chi connectivity index (χ0n) is 10.8. The highest BCUT2D eigenvalue weighted by atomic mass is 16.1. The van der Waals surface area contributed by atoms with Crippen molar-refractivity contribution in [2.24, 2.45) is 5.73 Å². The summed E-state index contributed by atoms with van der Waals surface area (Å²) in [5.41, 5.74) is 5.33. The van der Waals surface area contributed by atoms with Crippen LogP contribution in [0.25, 0.3) is 0 Å². The molecule has 1 aliphatic rings. The molecule has 1 aliphatic heterocycles. The van der Waals surface area contributed by atoms with Crippen LogP contribution >= 0.6 is 0 Å². The summed E-state index contributed by atoms with van der Waals surface area (Å²) in [6.45, 7) is 8.06. The van der Waals surface area contributed by atoms with E-state index in [1.54, 1.807) is 0 Å². The van der Waals surface area contributed by atoms with Crippen LogP contribution in [0.1, 0.15) is 24.3 Å². The minimum Gasteiger partial charge on any atom is -0.364 e. The number of carbonyl (C=O) groups excluding carboxylic acids is 1. The number of nitrogens with two attached hydrogens (primary N) is 1. The highest BCUT2D eigenvalue weighted by molar-refractivity contribution is 5.90. The molecule has 2 N–H and O–H groups in total.